The fourth-order valence-electron chi connectivity index (χ4n) is 2.30. The Bertz CT molecular complexity index is 921. The molecule has 1 heterocycles. The minimum Gasteiger partial charge on any atom is -0.462 e. The van der Waals surface area contributed by atoms with Gasteiger partial charge in [0.15, 0.2) is 5.13 Å². The van der Waals surface area contributed by atoms with Gasteiger partial charge in [-0.1, -0.05) is 41.7 Å². The van der Waals surface area contributed by atoms with Gasteiger partial charge in [0.25, 0.3) is 0 Å². The van der Waals surface area contributed by atoms with Crippen molar-refractivity contribution in [2.24, 2.45) is 0 Å². The number of ether oxygens (including phenoxy) is 1. The van der Waals surface area contributed by atoms with Crippen LogP contribution in [0.4, 0.5) is 16.6 Å². The van der Waals surface area contributed by atoms with E-state index in [1.54, 1.807) is 55.5 Å². The van der Waals surface area contributed by atoms with Crippen molar-refractivity contribution in [1.29, 1.82) is 0 Å². The number of nitrogens with zero attached hydrogens (tertiary/aromatic N) is 1. The van der Waals surface area contributed by atoms with Gasteiger partial charge in [-0.2, -0.15) is 0 Å². The number of benzene rings is 2. The molecule has 0 amide bonds. The van der Waals surface area contributed by atoms with Crippen LogP contribution in [0, 0.1) is 0 Å². The fraction of sp³-hybridized carbons (Fsp3) is 0.105. The van der Waals surface area contributed by atoms with Crippen LogP contribution in [0.15, 0.2) is 54.6 Å². The van der Waals surface area contributed by atoms with E-state index in [9.17, 15) is 9.59 Å². The summed E-state index contributed by atoms with van der Waals surface area (Å²) in [7, 11) is 0. The van der Waals surface area contributed by atoms with E-state index in [1.165, 1.54) is 11.3 Å². The van der Waals surface area contributed by atoms with E-state index in [0.29, 0.717) is 27.7 Å². The number of thiazole rings is 1. The summed E-state index contributed by atoms with van der Waals surface area (Å²) < 4.78 is 4.95. The predicted octanol–water partition coefficient (Wildman–Crippen LogP) is 3.88. The molecule has 0 unspecified atom stereocenters. The number of esters is 1. The number of hydrogen-bond acceptors (Lipinski definition) is 7. The van der Waals surface area contributed by atoms with Gasteiger partial charge in [0.1, 0.15) is 10.7 Å². The number of rotatable bonds is 6. The number of anilines is 3. The van der Waals surface area contributed by atoms with Crippen molar-refractivity contribution in [2.75, 3.05) is 17.7 Å². The van der Waals surface area contributed by atoms with Crippen LogP contribution in [-0.4, -0.2) is 23.3 Å². The normalized spacial score (nSPS) is 10.3. The first-order valence-electron chi connectivity index (χ1n) is 7.98. The third kappa shape index (κ3) is 3.89. The molecule has 0 saturated heterocycles. The molecule has 0 bridgehead atoms. The second-order valence-electron chi connectivity index (χ2n) is 5.35. The summed E-state index contributed by atoms with van der Waals surface area (Å²) in [5.41, 5.74) is 7.67. The first-order chi connectivity index (χ1) is 12.6. The van der Waals surface area contributed by atoms with Crippen LogP contribution in [-0.2, 0) is 4.74 Å². The maximum Gasteiger partial charge on any atom is 0.338 e. The van der Waals surface area contributed by atoms with Gasteiger partial charge in [0.05, 0.1) is 12.2 Å². The van der Waals surface area contributed by atoms with Gasteiger partial charge in [-0.25, -0.2) is 9.78 Å². The third-order valence-electron chi connectivity index (χ3n) is 3.54. The quantitative estimate of drug-likeness (QED) is 0.507. The zero-order chi connectivity index (χ0) is 18.5. The van der Waals surface area contributed by atoms with Crippen LogP contribution in [0.1, 0.15) is 32.5 Å². The molecular weight excluding hydrogens is 350 g/mol. The van der Waals surface area contributed by atoms with Crippen molar-refractivity contribution in [3.63, 3.8) is 0 Å². The lowest BCUT2D eigenvalue weighted by atomic mass is 10.1. The molecule has 0 saturated carbocycles. The number of carbonyl (C=O) groups is 2. The molecule has 0 aliphatic rings. The van der Waals surface area contributed by atoms with E-state index < -0.39 is 0 Å². The molecule has 132 valence electrons. The molecule has 3 N–H and O–H groups in total. The molecule has 7 heteroatoms. The molecule has 0 radical (unpaired) electrons. The molecule has 0 fully saturated rings. The van der Waals surface area contributed by atoms with E-state index >= 15 is 0 Å². The van der Waals surface area contributed by atoms with Gasteiger partial charge in [0, 0.05) is 11.3 Å². The molecule has 0 aliphatic heterocycles. The summed E-state index contributed by atoms with van der Waals surface area (Å²) in [5, 5.41) is 3.60. The minimum absolute atomic E-state index is 0.161. The average molecular weight is 367 g/mol. The first kappa shape index (κ1) is 17.6. The van der Waals surface area contributed by atoms with Crippen molar-refractivity contribution in [3.05, 3.63) is 70.6 Å². The van der Waals surface area contributed by atoms with Crippen LogP contribution < -0.4 is 11.1 Å². The molecule has 0 atom stereocenters. The number of ketones is 1. The number of hydrogen-bond donors (Lipinski definition) is 2. The molecule has 26 heavy (non-hydrogen) atoms. The van der Waals surface area contributed by atoms with Gasteiger partial charge in [-0.05, 0) is 31.2 Å². The molecule has 0 aliphatic carbocycles. The van der Waals surface area contributed by atoms with Crippen LogP contribution in [0.2, 0.25) is 0 Å². The smallest absolute Gasteiger partial charge is 0.338 e. The topological polar surface area (TPSA) is 94.3 Å². The number of nitrogens with one attached hydrogen (secondary N) is 1. The van der Waals surface area contributed by atoms with Crippen LogP contribution >= 0.6 is 11.3 Å². The zero-order valence-corrected chi connectivity index (χ0v) is 14.9. The van der Waals surface area contributed by atoms with Gasteiger partial charge in [0.2, 0.25) is 5.78 Å². The lowest BCUT2D eigenvalue weighted by molar-refractivity contribution is 0.0526. The van der Waals surface area contributed by atoms with Crippen molar-refractivity contribution >= 4 is 39.7 Å². The summed E-state index contributed by atoms with van der Waals surface area (Å²) in [4.78, 5) is 28.8. The Balaban J connectivity index is 1.75. The van der Waals surface area contributed by atoms with Gasteiger partial charge in [-0.3, -0.25) is 4.79 Å². The zero-order valence-electron chi connectivity index (χ0n) is 14.1. The van der Waals surface area contributed by atoms with Crippen LogP contribution in [0.3, 0.4) is 0 Å². The number of nitrogen functional groups attached to an aromatic ring is 1. The van der Waals surface area contributed by atoms with Crippen LogP contribution in [0.5, 0.6) is 0 Å². The van der Waals surface area contributed by atoms with Crippen molar-refractivity contribution in [2.45, 2.75) is 6.92 Å². The molecular formula is C19H17N3O3S. The Morgan fingerprint density at radius 3 is 2.42 bits per heavy atom. The predicted molar refractivity (Wildman–Crippen MR) is 102 cm³/mol. The van der Waals surface area contributed by atoms with Gasteiger partial charge < -0.3 is 15.8 Å². The summed E-state index contributed by atoms with van der Waals surface area (Å²) in [6.45, 7) is 2.09. The highest BCUT2D eigenvalue weighted by Crippen LogP contribution is 2.29. The van der Waals surface area contributed by atoms with E-state index in [0.717, 1.165) is 5.69 Å². The standard InChI is InChI=1S/C19H17N3O3S/c1-2-25-18(24)13-8-10-14(11-9-13)21-19-22-17(20)16(26-19)15(23)12-6-4-3-5-7-12/h3-11H,2,20H2,1H3,(H,21,22). The molecule has 3 rings (SSSR count). The maximum atomic E-state index is 12.5. The average Bonchev–Trinajstić information content (AvgIpc) is 3.02. The van der Waals surface area contributed by atoms with E-state index in [1.807, 2.05) is 6.07 Å². The van der Waals surface area contributed by atoms with Crippen LogP contribution in [0.25, 0.3) is 0 Å². The lowest BCUT2D eigenvalue weighted by Crippen LogP contribution is -2.04. The third-order valence-corrected chi connectivity index (χ3v) is 4.53. The molecule has 0 spiro atoms. The summed E-state index contributed by atoms with van der Waals surface area (Å²) in [5.74, 6) is -0.339. The second-order valence-corrected chi connectivity index (χ2v) is 6.35. The summed E-state index contributed by atoms with van der Waals surface area (Å²) in [6, 6.07) is 15.7. The summed E-state index contributed by atoms with van der Waals surface area (Å²) in [6.07, 6.45) is 0. The highest BCUT2D eigenvalue weighted by atomic mass is 32.1. The van der Waals surface area contributed by atoms with Crippen molar-refractivity contribution in [1.82, 2.24) is 4.98 Å². The Morgan fingerprint density at radius 1 is 1.08 bits per heavy atom. The first-order valence-corrected chi connectivity index (χ1v) is 8.80. The Morgan fingerprint density at radius 2 is 1.77 bits per heavy atom. The van der Waals surface area contributed by atoms with Gasteiger partial charge >= 0.3 is 5.97 Å². The maximum absolute atomic E-state index is 12.5. The molecule has 6 nitrogen and oxygen atoms in total. The van der Waals surface area contributed by atoms with Crippen molar-refractivity contribution in [3.8, 4) is 0 Å². The fourth-order valence-corrected chi connectivity index (χ4v) is 3.16. The number of carbonyl (C=O) groups excluding carboxylic acids is 2. The van der Waals surface area contributed by atoms with Gasteiger partial charge in [-0.15, -0.1) is 0 Å². The number of nitrogens with two attached hydrogens (primary N) is 1. The Labute approximate surface area is 154 Å². The van der Waals surface area contributed by atoms with E-state index in [-0.39, 0.29) is 17.6 Å². The Hall–Kier alpha value is -3.19. The highest BCUT2D eigenvalue weighted by Gasteiger charge is 2.18. The number of aromatic nitrogens is 1. The molecule has 1 aromatic heterocycles. The monoisotopic (exact) mass is 367 g/mol. The van der Waals surface area contributed by atoms with E-state index in [4.69, 9.17) is 10.5 Å². The second kappa shape index (κ2) is 7.79. The van der Waals surface area contributed by atoms with Crippen molar-refractivity contribution < 1.29 is 14.3 Å². The summed E-state index contributed by atoms with van der Waals surface area (Å²) >= 11 is 1.19. The highest BCUT2D eigenvalue weighted by molar-refractivity contribution is 7.18. The largest absolute Gasteiger partial charge is 0.462 e. The molecule has 3 aromatic rings. The molecule has 2 aromatic carbocycles. The lowest BCUT2D eigenvalue weighted by Gasteiger charge is -2.04. The van der Waals surface area contributed by atoms with E-state index in [2.05, 4.69) is 10.3 Å². The minimum atomic E-state index is -0.367. The SMILES string of the molecule is CCOC(=O)c1ccc(Nc2nc(N)c(C(=O)c3ccccc3)s2)cc1. The Kier molecular flexibility index (Phi) is 5.28.